The predicted octanol–water partition coefficient (Wildman–Crippen LogP) is 3.62. The molecule has 1 N–H and O–H groups in total. The van der Waals surface area contributed by atoms with Gasteiger partial charge in [-0.25, -0.2) is 0 Å². The van der Waals surface area contributed by atoms with Crippen molar-refractivity contribution in [2.24, 2.45) is 5.92 Å². The van der Waals surface area contributed by atoms with Crippen LogP contribution < -0.4 is 5.32 Å². The van der Waals surface area contributed by atoms with Gasteiger partial charge in [-0.2, -0.15) is 0 Å². The average Bonchev–Trinajstić information content (AvgIpc) is 2.12. The third kappa shape index (κ3) is 2.96. The molecule has 0 spiro atoms. The maximum absolute atomic E-state index is 5.93. The lowest BCUT2D eigenvalue weighted by atomic mass is 9.80. The van der Waals surface area contributed by atoms with Crippen molar-refractivity contribution in [2.75, 3.05) is 0 Å². The highest BCUT2D eigenvalue weighted by Gasteiger charge is 2.23. The van der Waals surface area contributed by atoms with Gasteiger partial charge in [0, 0.05) is 17.6 Å². The first kappa shape index (κ1) is 11.0. The molecular formula is C13H18ClN. The number of hydrogen-bond donors (Lipinski definition) is 1. The third-order valence-corrected chi connectivity index (χ3v) is 3.61. The number of benzene rings is 1. The quantitative estimate of drug-likeness (QED) is 0.822. The van der Waals surface area contributed by atoms with Crippen LogP contribution in [0.15, 0.2) is 24.3 Å². The van der Waals surface area contributed by atoms with Gasteiger partial charge in [0.25, 0.3) is 0 Å². The molecule has 2 heteroatoms. The Bertz CT molecular complexity index is 320. The van der Waals surface area contributed by atoms with E-state index in [0.29, 0.717) is 6.04 Å². The summed E-state index contributed by atoms with van der Waals surface area (Å²) in [5, 5.41) is 4.39. The standard InChI is InChI=1S/C13H18ClN/c1-10(12-5-3-6-12)15-9-11-4-2-7-13(14)8-11/h2,4,7-8,10,12,15H,3,5-6,9H2,1H3. The van der Waals surface area contributed by atoms with E-state index in [9.17, 15) is 0 Å². The second-order valence-corrected chi connectivity index (χ2v) is 4.93. The average molecular weight is 224 g/mol. The molecule has 15 heavy (non-hydrogen) atoms. The number of hydrogen-bond acceptors (Lipinski definition) is 1. The van der Waals surface area contributed by atoms with E-state index in [1.165, 1.54) is 24.8 Å². The Kier molecular flexibility index (Phi) is 3.66. The fraction of sp³-hybridized carbons (Fsp3) is 0.538. The maximum Gasteiger partial charge on any atom is 0.0409 e. The Morgan fingerprint density at radius 2 is 2.27 bits per heavy atom. The summed E-state index contributed by atoms with van der Waals surface area (Å²) in [5.41, 5.74) is 1.27. The molecule has 0 saturated heterocycles. The number of halogens is 1. The van der Waals surface area contributed by atoms with E-state index in [-0.39, 0.29) is 0 Å². The third-order valence-electron chi connectivity index (χ3n) is 3.37. The van der Waals surface area contributed by atoms with Gasteiger partial charge >= 0.3 is 0 Å². The Hall–Kier alpha value is -0.530. The molecule has 0 amide bonds. The summed E-state index contributed by atoms with van der Waals surface area (Å²) in [4.78, 5) is 0. The lowest BCUT2D eigenvalue weighted by Crippen LogP contribution is -2.36. The van der Waals surface area contributed by atoms with Gasteiger partial charge in [0.15, 0.2) is 0 Å². The van der Waals surface area contributed by atoms with Crippen LogP contribution in [0.3, 0.4) is 0 Å². The Balaban J connectivity index is 1.81. The van der Waals surface area contributed by atoms with Crippen molar-refractivity contribution in [1.82, 2.24) is 5.32 Å². The second-order valence-electron chi connectivity index (χ2n) is 4.49. The molecule has 0 heterocycles. The van der Waals surface area contributed by atoms with Crippen LogP contribution in [0.1, 0.15) is 31.7 Å². The monoisotopic (exact) mass is 223 g/mol. The zero-order chi connectivity index (χ0) is 10.7. The summed E-state index contributed by atoms with van der Waals surface area (Å²) in [6.07, 6.45) is 4.20. The molecule has 1 saturated carbocycles. The Labute approximate surface area is 96.8 Å². The summed E-state index contributed by atoms with van der Waals surface area (Å²) < 4.78 is 0. The van der Waals surface area contributed by atoms with E-state index in [2.05, 4.69) is 18.3 Å². The van der Waals surface area contributed by atoms with E-state index >= 15 is 0 Å². The van der Waals surface area contributed by atoms with Crippen LogP contribution in [0.25, 0.3) is 0 Å². The molecule has 1 aliphatic rings. The minimum Gasteiger partial charge on any atom is -0.310 e. The van der Waals surface area contributed by atoms with Gasteiger partial charge in [-0.05, 0) is 43.4 Å². The molecule has 2 rings (SSSR count). The molecule has 1 fully saturated rings. The lowest BCUT2D eigenvalue weighted by Gasteiger charge is -2.32. The minimum absolute atomic E-state index is 0.637. The summed E-state index contributed by atoms with van der Waals surface area (Å²) in [6.45, 7) is 3.21. The van der Waals surface area contributed by atoms with Crippen molar-refractivity contribution < 1.29 is 0 Å². The SMILES string of the molecule is CC(NCc1cccc(Cl)c1)C1CCC1. The van der Waals surface area contributed by atoms with Gasteiger partial charge in [0.2, 0.25) is 0 Å². The molecule has 1 aromatic rings. The van der Waals surface area contributed by atoms with Crippen molar-refractivity contribution in [3.05, 3.63) is 34.9 Å². The van der Waals surface area contributed by atoms with Crippen molar-refractivity contribution >= 4 is 11.6 Å². The van der Waals surface area contributed by atoms with E-state index in [0.717, 1.165) is 17.5 Å². The molecule has 0 aliphatic heterocycles. The Morgan fingerprint density at radius 1 is 1.47 bits per heavy atom. The van der Waals surface area contributed by atoms with Crippen LogP contribution in [0.5, 0.6) is 0 Å². The van der Waals surface area contributed by atoms with Crippen LogP contribution >= 0.6 is 11.6 Å². The highest BCUT2D eigenvalue weighted by Crippen LogP contribution is 2.29. The van der Waals surface area contributed by atoms with Gasteiger partial charge in [0.1, 0.15) is 0 Å². The molecule has 1 aliphatic carbocycles. The van der Waals surface area contributed by atoms with Crippen LogP contribution in [0.4, 0.5) is 0 Å². The van der Waals surface area contributed by atoms with Crippen molar-refractivity contribution in [1.29, 1.82) is 0 Å². The molecule has 1 aromatic carbocycles. The van der Waals surface area contributed by atoms with E-state index in [1.807, 2.05) is 18.2 Å². The highest BCUT2D eigenvalue weighted by atomic mass is 35.5. The fourth-order valence-electron chi connectivity index (χ4n) is 2.03. The molecule has 1 atom stereocenters. The second kappa shape index (κ2) is 5.00. The fourth-order valence-corrected chi connectivity index (χ4v) is 2.25. The van der Waals surface area contributed by atoms with Crippen molar-refractivity contribution in [3.63, 3.8) is 0 Å². The first-order valence-corrected chi connectivity index (χ1v) is 6.11. The topological polar surface area (TPSA) is 12.0 Å². The van der Waals surface area contributed by atoms with Gasteiger partial charge < -0.3 is 5.32 Å². The van der Waals surface area contributed by atoms with Gasteiger partial charge in [-0.15, -0.1) is 0 Å². The van der Waals surface area contributed by atoms with Crippen molar-refractivity contribution in [3.8, 4) is 0 Å². The van der Waals surface area contributed by atoms with E-state index in [4.69, 9.17) is 11.6 Å². The van der Waals surface area contributed by atoms with Crippen LogP contribution in [-0.4, -0.2) is 6.04 Å². The van der Waals surface area contributed by atoms with E-state index in [1.54, 1.807) is 0 Å². The van der Waals surface area contributed by atoms with Gasteiger partial charge in [0.05, 0.1) is 0 Å². The molecular weight excluding hydrogens is 206 g/mol. The van der Waals surface area contributed by atoms with Crippen LogP contribution in [0, 0.1) is 5.92 Å². The van der Waals surface area contributed by atoms with E-state index < -0.39 is 0 Å². The normalized spacial score (nSPS) is 18.5. The first-order chi connectivity index (χ1) is 7.25. The zero-order valence-electron chi connectivity index (χ0n) is 9.17. The van der Waals surface area contributed by atoms with Gasteiger partial charge in [-0.3, -0.25) is 0 Å². The Morgan fingerprint density at radius 3 is 2.87 bits per heavy atom. The summed E-state index contributed by atoms with van der Waals surface area (Å²) in [7, 11) is 0. The first-order valence-electron chi connectivity index (χ1n) is 5.73. The summed E-state index contributed by atoms with van der Waals surface area (Å²) in [6, 6.07) is 8.71. The molecule has 0 bridgehead atoms. The molecule has 0 radical (unpaired) electrons. The highest BCUT2D eigenvalue weighted by molar-refractivity contribution is 6.30. The zero-order valence-corrected chi connectivity index (χ0v) is 9.93. The summed E-state index contributed by atoms with van der Waals surface area (Å²) in [5.74, 6) is 0.893. The molecule has 0 aromatic heterocycles. The minimum atomic E-state index is 0.637. The molecule has 1 unspecified atom stereocenters. The smallest absolute Gasteiger partial charge is 0.0409 e. The number of nitrogens with one attached hydrogen (secondary N) is 1. The predicted molar refractivity (Wildman–Crippen MR) is 65.1 cm³/mol. The van der Waals surface area contributed by atoms with Crippen molar-refractivity contribution in [2.45, 2.75) is 38.8 Å². The van der Waals surface area contributed by atoms with Crippen LogP contribution in [-0.2, 0) is 6.54 Å². The number of rotatable bonds is 4. The molecule has 1 nitrogen and oxygen atoms in total. The largest absolute Gasteiger partial charge is 0.310 e. The lowest BCUT2D eigenvalue weighted by molar-refractivity contribution is 0.240. The summed E-state index contributed by atoms with van der Waals surface area (Å²) >= 11 is 5.93. The van der Waals surface area contributed by atoms with Crippen LogP contribution in [0.2, 0.25) is 5.02 Å². The maximum atomic E-state index is 5.93. The van der Waals surface area contributed by atoms with Gasteiger partial charge in [-0.1, -0.05) is 30.2 Å². The molecule has 82 valence electrons.